The molecule has 2 aromatic heterocycles. The number of carboxylic acids is 1. The summed E-state index contributed by atoms with van der Waals surface area (Å²) in [6.45, 7) is 1.68. The van der Waals surface area contributed by atoms with Crippen molar-refractivity contribution in [3.63, 3.8) is 0 Å². The van der Waals surface area contributed by atoms with E-state index in [1.54, 1.807) is 6.92 Å². The molecule has 3 rings (SSSR count). The summed E-state index contributed by atoms with van der Waals surface area (Å²) in [5, 5.41) is 16.0. The number of carbonyl (C=O) groups is 3. The third-order valence-corrected chi connectivity index (χ3v) is 5.51. The number of ether oxygens (including phenoxy) is 1. The fourth-order valence-electron chi connectivity index (χ4n) is 3.13. The highest BCUT2D eigenvalue weighted by Crippen LogP contribution is 2.38. The molecule has 0 saturated carbocycles. The maximum atomic E-state index is 12.5. The normalized spacial score (nSPS) is 13.5. The number of nitrogens with one attached hydrogen (secondary N) is 1. The number of thiophene rings is 1. The molecule has 27 heavy (non-hydrogen) atoms. The Labute approximate surface area is 160 Å². The van der Waals surface area contributed by atoms with Crippen molar-refractivity contribution < 1.29 is 24.2 Å². The van der Waals surface area contributed by atoms with Gasteiger partial charge in [0.2, 0.25) is 0 Å². The lowest BCUT2D eigenvalue weighted by Crippen LogP contribution is -2.17. The topological polar surface area (TPSA) is 111 Å². The van der Waals surface area contributed by atoms with Crippen molar-refractivity contribution in [3.05, 3.63) is 34.0 Å². The SMILES string of the molecule is CCOC(=O)c1c(NC(=O)c2ccn(CC(=O)O)n2)sc2c1CCCCC2. The summed E-state index contributed by atoms with van der Waals surface area (Å²) < 4.78 is 6.37. The minimum absolute atomic E-state index is 0.0923. The van der Waals surface area contributed by atoms with Crippen molar-refractivity contribution >= 4 is 34.2 Å². The molecule has 1 aliphatic carbocycles. The lowest BCUT2D eigenvalue weighted by atomic mass is 10.1. The fourth-order valence-corrected chi connectivity index (χ4v) is 4.40. The van der Waals surface area contributed by atoms with Crippen LogP contribution in [0.25, 0.3) is 0 Å². The van der Waals surface area contributed by atoms with Crippen molar-refractivity contribution in [1.82, 2.24) is 9.78 Å². The lowest BCUT2D eigenvalue weighted by Gasteiger charge is -2.07. The fraction of sp³-hybridized carbons (Fsp3) is 0.444. The monoisotopic (exact) mass is 391 g/mol. The van der Waals surface area contributed by atoms with Gasteiger partial charge in [-0.2, -0.15) is 5.10 Å². The molecule has 9 heteroatoms. The molecule has 0 saturated heterocycles. The van der Waals surface area contributed by atoms with E-state index in [9.17, 15) is 14.4 Å². The van der Waals surface area contributed by atoms with Crippen LogP contribution in [0.3, 0.4) is 0 Å². The molecule has 0 aliphatic heterocycles. The minimum atomic E-state index is -1.04. The first-order chi connectivity index (χ1) is 13.0. The summed E-state index contributed by atoms with van der Waals surface area (Å²) in [5.74, 6) is -1.96. The average Bonchev–Trinajstić information content (AvgIpc) is 3.13. The molecule has 1 aliphatic rings. The van der Waals surface area contributed by atoms with Crippen LogP contribution < -0.4 is 5.32 Å². The molecule has 0 fully saturated rings. The molecule has 0 aromatic carbocycles. The Hall–Kier alpha value is -2.68. The van der Waals surface area contributed by atoms with E-state index in [-0.39, 0.29) is 18.8 Å². The van der Waals surface area contributed by atoms with E-state index in [2.05, 4.69) is 10.4 Å². The Morgan fingerprint density at radius 3 is 2.81 bits per heavy atom. The Morgan fingerprint density at radius 1 is 1.30 bits per heavy atom. The largest absolute Gasteiger partial charge is 0.480 e. The molecule has 2 aromatic rings. The third kappa shape index (κ3) is 4.36. The van der Waals surface area contributed by atoms with E-state index in [0.29, 0.717) is 10.6 Å². The van der Waals surface area contributed by atoms with Crippen molar-refractivity contribution in [2.24, 2.45) is 0 Å². The van der Waals surface area contributed by atoms with Crippen LogP contribution in [0.5, 0.6) is 0 Å². The van der Waals surface area contributed by atoms with E-state index in [0.717, 1.165) is 42.5 Å². The molecule has 0 spiro atoms. The van der Waals surface area contributed by atoms with Gasteiger partial charge in [-0.1, -0.05) is 6.42 Å². The maximum absolute atomic E-state index is 12.5. The first-order valence-electron chi connectivity index (χ1n) is 8.87. The second-order valence-corrected chi connectivity index (χ2v) is 7.34. The predicted molar refractivity (Wildman–Crippen MR) is 99.4 cm³/mol. The number of carboxylic acid groups (broad SMARTS) is 1. The van der Waals surface area contributed by atoms with Gasteiger partial charge in [-0.15, -0.1) is 11.3 Å². The number of nitrogens with zero attached hydrogens (tertiary/aromatic N) is 2. The summed E-state index contributed by atoms with van der Waals surface area (Å²) in [5.41, 5.74) is 1.51. The molecular weight excluding hydrogens is 370 g/mol. The maximum Gasteiger partial charge on any atom is 0.341 e. The van der Waals surface area contributed by atoms with Gasteiger partial charge in [-0.05, 0) is 44.2 Å². The van der Waals surface area contributed by atoms with Crippen molar-refractivity contribution in [1.29, 1.82) is 0 Å². The number of carbonyl (C=O) groups excluding carboxylic acids is 2. The van der Waals surface area contributed by atoms with Gasteiger partial charge in [0.15, 0.2) is 5.69 Å². The molecule has 0 bridgehead atoms. The van der Waals surface area contributed by atoms with Gasteiger partial charge < -0.3 is 15.2 Å². The van der Waals surface area contributed by atoms with Crippen LogP contribution in [-0.4, -0.2) is 39.3 Å². The Balaban J connectivity index is 1.87. The van der Waals surface area contributed by atoms with Gasteiger partial charge in [-0.3, -0.25) is 14.3 Å². The van der Waals surface area contributed by atoms with Crippen LogP contribution in [0.2, 0.25) is 0 Å². The molecule has 1 amide bonds. The van der Waals surface area contributed by atoms with Gasteiger partial charge in [0.1, 0.15) is 11.5 Å². The number of rotatable bonds is 6. The summed E-state index contributed by atoms with van der Waals surface area (Å²) in [6, 6.07) is 1.45. The van der Waals surface area contributed by atoms with E-state index in [4.69, 9.17) is 9.84 Å². The highest BCUT2D eigenvalue weighted by atomic mass is 32.1. The second kappa shape index (κ2) is 8.34. The summed E-state index contributed by atoms with van der Waals surface area (Å²) >= 11 is 1.41. The standard InChI is InChI=1S/C18H21N3O5S/c1-2-26-18(25)15-11-6-4-3-5-7-13(11)27-17(15)19-16(24)12-8-9-21(20-12)10-14(22)23/h8-9H,2-7,10H2,1H3,(H,19,24)(H,22,23). The summed E-state index contributed by atoms with van der Waals surface area (Å²) in [6.07, 6.45) is 6.29. The zero-order valence-corrected chi connectivity index (χ0v) is 15.8. The highest BCUT2D eigenvalue weighted by Gasteiger charge is 2.27. The van der Waals surface area contributed by atoms with Crippen LogP contribution >= 0.6 is 11.3 Å². The molecule has 144 valence electrons. The summed E-state index contributed by atoms with van der Waals surface area (Å²) in [7, 11) is 0. The average molecular weight is 391 g/mol. The second-order valence-electron chi connectivity index (χ2n) is 6.24. The minimum Gasteiger partial charge on any atom is -0.480 e. The first-order valence-corrected chi connectivity index (χ1v) is 9.69. The van der Waals surface area contributed by atoms with Gasteiger partial charge in [0.05, 0.1) is 12.2 Å². The number of fused-ring (bicyclic) bond motifs is 1. The number of esters is 1. The number of anilines is 1. The van der Waals surface area contributed by atoms with E-state index < -0.39 is 17.8 Å². The van der Waals surface area contributed by atoms with Crippen LogP contribution in [0.15, 0.2) is 12.3 Å². The number of amides is 1. The Morgan fingerprint density at radius 2 is 2.07 bits per heavy atom. The number of aryl methyl sites for hydroxylation is 1. The quantitative estimate of drug-likeness (QED) is 0.579. The summed E-state index contributed by atoms with van der Waals surface area (Å²) in [4.78, 5) is 36.9. The zero-order valence-electron chi connectivity index (χ0n) is 15.0. The van der Waals surface area contributed by atoms with Crippen LogP contribution in [0.4, 0.5) is 5.00 Å². The molecule has 2 heterocycles. The van der Waals surface area contributed by atoms with E-state index in [1.165, 1.54) is 28.3 Å². The van der Waals surface area contributed by atoms with Gasteiger partial charge >= 0.3 is 11.9 Å². The van der Waals surface area contributed by atoms with E-state index in [1.807, 2.05) is 0 Å². The zero-order chi connectivity index (χ0) is 19.4. The number of hydrogen-bond donors (Lipinski definition) is 2. The molecule has 8 nitrogen and oxygen atoms in total. The van der Waals surface area contributed by atoms with E-state index >= 15 is 0 Å². The molecular formula is C18H21N3O5S. The lowest BCUT2D eigenvalue weighted by molar-refractivity contribution is -0.137. The van der Waals surface area contributed by atoms with Crippen LogP contribution in [0, 0.1) is 0 Å². The van der Waals surface area contributed by atoms with Crippen LogP contribution in [0.1, 0.15) is 57.5 Å². The highest BCUT2D eigenvalue weighted by molar-refractivity contribution is 7.17. The van der Waals surface area contributed by atoms with Crippen molar-refractivity contribution in [2.45, 2.75) is 45.6 Å². The van der Waals surface area contributed by atoms with Gasteiger partial charge in [0.25, 0.3) is 5.91 Å². The number of aromatic nitrogens is 2. The smallest absolute Gasteiger partial charge is 0.341 e. The predicted octanol–water partition coefficient (Wildman–Crippen LogP) is 2.73. The molecule has 0 radical (unpaired) electrons. The number of aliphatic carboxylic acids is 1. The Bertz CT molecular complexity index is 870. The third-order valence-electron chi connectivity index (χ3n) is 4.30. The molecule has 2 N–H and O–H groups in total. The first kappa shape index (κ1) is 19.1. The van der Waals surface area contributed by atoms with Crippen LogP contribution in [-0.2, 0) is 28.9 Å². The Kier molecular flexibility index (Phi) is 5.90. The van der Waals surface area contributed by atoms with Gasteiger partial charge in [0, 0.05) is 11.1 Å². The van der Waals surface area contributed by atoms with Crippen molar-refractivity contribution in [2.75, 3.05) is 11.9 Å². The number of hydrogen-bond acceptors (Lipinski definition) is 6. The van der Waals surface area contributed by atoms with Crippen molar-refractivity contribution in [3.8, 4) is 0 Å². The molecule has 0 unspecified atom stereocenters. The van der Waals surface area contributed by atoms with Gasteiger partial charge in [-0.25, -0.2) is 4.79 Å². The molecule has 0 atom stereocenters.